The molecule has 172 valence electrons. The van der Waals surface area contributed by atoms with E-state index in [1.54, 1.807) is 23.1 Å². The zero-order valence-electron chi connectivity index (χ0n) is 19.0. The van der Waals surface area contributed by atoms with Crippen molar-refractivity contribution in [3.8, 4) is 0 Å². The van der Waals surface area contributed by atoms with Crippen LogP contribution in [0.25, 0.3) is 0 Å². The van der Waals surface area contributed by atoms with Gasteiger partial charge in [0.2, 0.25) is 0 Å². The van der Waals surface area contributed by atoms with E-state index in [2.05, 4.69) is 12.2 Å². The Morgan fingerprint density at radius 3 is 2.62 bits per heavy atom. The van der Waals surface area contributed by atoms with Crippen LogP contribution in [-0.2, 0) is 13.1 Å². The maximum Gasteiger partial charge on any atom is 0.289 e. The summed E-state index contributed by atoms with van der Waals surface area (Å²) >= 11 is 0. The molecular weight excluding hydrogens is 406 g/mol. The lowest BCUT2D eigenvalue weighted by Gasteiger charge is -2.22. The Balaban J connectivity index is 1.59. The van der Waals surface area contributed by atoms with Gasteiger partial charge in [-0.2, -0.15) is 0 Å². The van der Waals surface area contributed by atoms with E-state index in [9.17, 15) is 9.59 Å². The van der Waals surface area contributed by atoms with Crippen LogP contribution in [0.4, 0.5) is 0 Å². The third kappa shape index (κ3) is 6.39. The number of unbranched alkanes of at least 4 members (excludes halogenated alkanes) is 3. The van der Waals surface area contributed by atoms with E-state index < -0.39 is 0 Å². The van der Waals surface area contributed by atoms with Gasteiger partial charge in [0.1, 0.15) is 5.76 Å². The number of rotatable bonds is 13. The zero-order chi connectivity index (χ0) is 22.8. The van der Waals surface area contributed by atoms with Crippen LogP contribution in [0, 0.1) is 0 Å². The average Bonchev–Trinajstić information content (AvgIpc) is 3.56. The van der Waals surface area contributed by atoms with Crippen LogP contribution in [0.5, 0.6) is 0 Å². The molecule has 0 aliphatic rings. The Kier molecular flexibility index (Phi) is 8.78. The molecule has 0 aromatic carbocycles. The van der Waals surface area contributed by atoms with Gasteiger partial charge in [-0.15, -0.1) is 0 Å². The van der Waals surface area contributed by atoms with Gasteiger partial charge in [0.15, 0.2) is 11.5 Å². The highest BCUT2D eigenvalue weighted by Crippen LogP contribution is 2.16. The van der Waals surface area contributed by atoms with E-state index in [0.29, 0.717) is 43.5 Å². The highest BCUT2D eigenvalue weighted by atomic mass is 16.4. The molecule has 3 aromatic heterocycles. The van der Waals surface area contributed by atoms with Crippen molar-refractivity contribution >= 4 is 11.8 Å². The predicted octanol–water partition coefficient (Wildman–Crippen LogP) is 5.08. The molecule has 7 nitrogen and oxygen atoms in total. The van der Waals surface area contributed by atoms with Crippen LogP contribution in [0.1, 0.15) is 78.5 Å². The van der Waals surface area contributed by atoms with Crippen molar-refractivity contribution in [3.05, 3.63) is 71.8 Å². The van der Waals surface area contributed by atoms with Crippen LogP contribution in [0.2, 0.25) is 0 Å². The molecule has 32 heavy (non-hydrogen) atoms. The Morgan fingerprint density at radius 1 is 1.00 bits per heavy atom. The largest absolute Gasteiger partial charge is 0.459 e. The fourth-order valence-corrected chi connectivity index (χ4v) is 3.61. The molecule has 0 unspecified atom stereocenters. The summed E-state index contributed by atoms with van der Waals surface area (Å²) in [5.41, 5.74) is 0.983. The van der Waals surface area contributed by atoms with Gasteiger partial charge < -0.3 is 23.6 Å². The average molecular weight is 440 g/mol. The molecule has 0 bridgehead atoms. The molecule has 3 heterocycles. The van der Waals surface area contributed by atoms with Crippen molar-refractivity contribution < 1.29 is 18.4 Å². The summed E-state index contributed by atoms with van der Waals surface area (Å²) < 4.78 is 13.1. The molecule has 0 aliphatic carbocycles. The smallest absolute Gasteiger partial charge is 0.289 e. The second kappa shape index (κ2) is 12.0. The Labute approximate surface area is 189 Å². The van der Waals surface area contributed by atoms with Gasteiger partial charge in [0.25, 0.3) is 11.8 Å². The summed E-state index contributed by atoms with van der Waals surface area (Å²) in [6.07, 6.45) is 8.76. The van der Waals surface area contributed by atoms with Crippen molar-refractivity contribution in [2.45, 2.75) is 59.0 Å². The molecule has 0 saturated heterocycles. The van der Waals surface area contributed by atoms with Gasteiger partial charge >= 0.3 is 0 Å². The third-order valence-electron chi connectivity index (χ3n) is 5.32. The van der Waals surface area contributed by atoms with Crippen LogP contribution in [0.3, 0.4) is 0 Å². The SMILES string of the molecule is CCCCCCNC(=O)c1ccc(Cn2cccc2CN(CCC)C(=O)c2ccco2)o1. The standard InChI is InChI=1S/C25H33N3O4/c1-3-5-6-7-14-26-24(29)22-13-12-21(32-22)19-27-16-8-10-20(27)18-28(15-4-2)25(30)23-11-9-17-31-23/h8-13,16-17H,3-7,14-15,18-19H2,1-2H3,(H,26,29). The van der Waals surface area contributed by atoms with E-state index in [1.165, 1.54) is 19.1 Å². The first kappa shape index (κ1) is 23.4. The summed E-state index contributed by atoms with van der Waals surface area (Å²) in [7, 11) is 0. The Morgan fingerprint density at radius 2 is 1.88 bits per heavy atom. The molecule has 7 heteroatoms. The van der Waals surface area contributed by atoms with Crippen molar-refractivity contribution in [2.24, 2.45) is 0 Å². The van der Waals surface area contributed by atoms with Gasteiger partial charge in [0.05, 0.1) is 19.4 Å². The van der Waals surface area contributed by atoms with Crippen molar-refractivity contribution in [1.82, 2.24) is 14.8 Å². The quantitative estimate of drug-likeness (QED) is 0.376. The van der Waals surface area contributed by atoms with Gasteiger partial charge in [-0.05, 0) is 49.2 Å². The number of carbonyl (C=O) groups excluding carboxylic acids is 2. The maximum absolute atomic E-state index is 12.8. The van der Waals surface area contributed by atoms with Crippen LogP contribution in [-0.4, -0.2) is 34.4 Å². The van der Waals surface area contributed by atoms with Crippen molar-refractivity contribution in [1.29, 1.82) is 0 Å². The first-order chi connectivity index (χ1) is 15.6. The number of hydrogen-bond donors (Lipinski definition) is 1. The van der Waals surface area contributed by atoms with Gasteiger partial charge in [-0.1, -0.05) is 33.1 Å². The summed E-state index contributed by atoms with van der Waals surface area (Å²) in [6.45, 7) is 6.45. The topological polar surface area (TPSA) is 80.6 Å². The van der Waals surface area contributed by atoms with Gasteiger partial charge in [-0.3, -0.25) is 9.59 Å². The summed E-state index contributed by atoms with van der Waals surface area (Å²) in [4.78, 5) is 26.9. The molecule has 3 rings (SSSR count). The molecule has 0 saturated carbocycles. The highest BCUT2D eigenvalue weighted by Gasteiger charge is 2.19. The molecule has 2 amide bonds. The number of carbonyl (C=O) groups is 2. The van der Waals surface area contributed by atoms with E-state index in [1.807, 2.05) is 35.9 Å². The first-order valence-corrected chi connectivity index (χ1v) is 11.5. The molecular formula is C25H33N3O4. The molecule has 0 aliphatic heterocycles. The van der Waals surface area contributed by atoms with E-state index in [0.717, 1.165) is 25.0 Å². The minimum absolute atomic E-state index is 0.125. The number of nitrogens with one attached hydrogen (secondary N) is 1. The number of nitrogens with zero attached hydrogens (tertiary/aromatic N) is 2. The van der Waals surface area contributed by atoms with Crippen molar-refractivity contribution in [2.75, 3.05) is 13.1 Å². The second-order valence-corrected chi connectivity index (χ2v) is 7.91. The monoisotopic (exact) mass is 439 g/mol. The first-order valence-electron chi connectivity index (χ1n) is 11.5. The fourth-order valence-electron chi connectivity index (χ4n) is 3.61. The second-order valence-electron chi connectivity index (χ2n) is 7.91. The zero-order valence-corrected chi connectivity index (χ0v) is 19.0. The summed E-state index contributed by atoms with van der Waals surface area (Å²) in [5, 5.41) is 2.91. The molecule has 0 fully saturated rings. The van der Waals surface area contributed by atoms with E-state index >= 15 is 0 Å². The van der Waals surface area contributed by atoms with Crippen molar-refractivity contribution in [3.63, 3.8) is 0 Å². The molecule has 1 N–H and O–H groups in total. The summed E-state index contributed by atoms with van der Waals surface area (Å²) in [6, 6.07) is 10.9. The van der Waals surface area contributed by atoms with E-state index in [4.69, 9.17) is 8.83 Å². The van der Waals surface area contributed by atoms with Gasteiger partial charge in [0, 0.05) is 25.0 Å². The minimum Gasteiger partial charge on any atom is -0.459 e. The molecule has 3 aromatic rings. The molecule has 0 atom stereocenters. The number of furan rings is 2. The van der Waals surface area contributed by atoms with E-state index in [-0.39, 0.29) is 11.8 Å². The van der Waals surface area contributed by atoms with Gasteiger partial charge in [-0.25, -0.2) is 0 Å². The number of hydrogen-bond acceptors (Lipinski definition) is 4. The number of aromatic nitrogens is 1. The Bertz CT molecular complexity index is 971. The minimum atomic E-state index is -0.182. The normalized spacial score (nSPS) is 10.9. The fraction of sp³-hybridized carbons (Fsp3) is 0.440. The lowest BCUT2D eigenvalue weighted by molar-refractivity contribution is 0.0707. The summed E-state index contributed by atoms with van der Waals surface area (Å²) in [5.74, 6) is 1.05. The Hall–Kier alpha value is -3.22. The molecule has 0 spiro atoms. The lowest BCUT2D eigenvalue weighted by atomic mass is 10.2. The maximum atomic E-state index is 12.8. The highest BCUT2D eigenvalue weighted by molar-refractivity contribution is 5.91. The van der Waals surface area contributed by atoms with Crippen LogP contribution >= 0.6 is 0 Å². The van der Waals surface area contributed by atoms with Crippen LogP contribution in [0.15, 0.2) is 57.7 Å². The molecule has 0 radical (unpaired) electrons. The third-order valence-corrected chi connectivity index (χ3v) is 5.32. The lowest BCUT2D eigenvalue weighted by Crippen LogP contribution is -2.31. The van der Waals surface area contributed by atoms with Crippen LogP contribution < -0.4 is 5.32 Å². The predicted molar refractivity (Wildman–Crippen MR) is 122 cm³/mol. The number of amides is 2.